The minimum Gasteiger partial charge on any atom is -0.471 e. The Morgan fingerprint density at radius 1 is 1.40 bits per heavy atom. The van der Waals surface area contributed by atoms with E-state index in [-0.39, 0.29) is 17.1 Å². The van der Waals surface area contributed by atoms with Gasteiger partial charge in [0.25, 0.3) is 0 Å². The van der Waals surface area contributed by atoms with Crippen LogP contribution in [0.25, 0.3) is 0 Å². The molecule has 0 N–H and O–H groups in total. The van der Waals surface area contributed by atoms with Crippen LogP contribution in [0, 0.1) is 0 Å². The molecule has 0 amide bonds. The molecule has 1 nitrogen and oxygen atoms in total. The molecule has 0 rings (SSSR count). The van der Waals surface area contributed by atoms with Crippen LogP contribution in [-0.2, 0) is 46.1 Å². The van der Waals surface area contributed by atoms with E-state index in [4.69, 9.17) is 0 Å². The minimum atomic E-state index is -1.70. The van der Waals surface area contributed by atoms with E-state index >= 15 is 0 Å². The van der Waals surface area contributed by atoms with Crippen molar-refractivity contribution in [3.63, 3.8) is 0 Å². The SMILES string of the molecule is O=[P+]([S-])[S-].[Cu+2]. The number of hydrogen-bond acceptors (Lipinski definition) is 3. The van der Waals surface area contributed by atoms with Gasteiger partial charge < -0.3 is 24.5 Å². The van der Waals surface area contributed by atoms with Crippen molar-refractivity contribution in [2.75, 3.05) is 0 Å². The van der Waals surface area contributed by atoms with E-state index in [1.54, 1.807) is 0 Å². The van der Waals surface area contributed by atoms with Crippen molar-refractivity contribution in [2.45, 2.75) is 0 Å². The van der Waals surface area contributed by atoms with Crippen molar-refractivity contribution in [1.29, 1.82) is 0 Å². The smallest absolute Gasteiger partial charge is 0.471 e. The molecule has 0 aliphatic rings. The van der Waals surface area contributed by atoms with E-state index in [0.717, 1.165) is 0 Å². The second-order valence-corrected chi connectivity index (χ2v) is 3.35. The fourth-order valence-electron chi connectivity index (χ4n) is 0. The molecule has 0 aromatic rings. The number of hydrogen-bond donors (Lipinski definition) is 0. The summed E-state index contributed by atoms with van der Waals surface area (Å²) in [7, 11) is 0. The molecule has 33 valence electrons. The van der Waals surface area contributed by atoms with Crippen LogP contribution in [0.3, 0.4) is 0 Å². The fraction of sp³-hybridized carbons (Fsp3) is 0. The van der Waals surface area contributed by atoms with Crippen molar-refractivity contribution < 1.29 is 21.6 Å². The minimum absolute atomic E-state index is 0. The summed E-state index contributed by atoms with van der Waals surface area (Å²) in [5.74, 6) is 0. The van der Waals surface area contributed by atoms with Gasteiger partial charge in [0.05, 0.1) is 6.20 Å². The maximum atomic E-state index is 9.22. The molecule has 0 aromatic carbocycles. The molecule has 0 unspecified atom stereocenters. The molecule has 0 saturated heterocycles. The molecule has 0 bridgehead atoms. The molecular formula is CuOPS2+. The second kappa shape index (κ2) is 5.32. The summed E-state index contributed by atoms with van der Waals surface area (Å²) < 4.78 is 9.22. The maximum absolute atomic E-state index is 9.22. The van der Waals surface area contributed by atoms with Crippen LogP contribution in [0.15, 0.2) is 0 Å². The molecule has 0 saturated carbocycles. The zero-order valence-electron chi connectivity index (χ0n) is 1.97. The van der Waals surface area contributed by atoms with Crippen LogP contribution in [-0.4, -0.2) is 0 Å². The van der Waals surface area contributed by atoms with E-state index in [1.165, 1.54) is 0 Å². The van der Waals surface area contributed by atoms with Gasteiger partial charge in [-0.3, -0.25) is 0 Å². The van der Waals surface area contributed by atoms with E-state index in [9.17, 15) is 4.57 Å². The van der Waals surface area contributed by atoms with Crippen LogP contribution >= 0.6 is 6.20 Å². The van der Waals surface area contributed by atoms with E-state index < -0.39 is 6.20 Å². The summed E-state index contributed by atoms with van der Waals surface area (Å²) in [6, 6.07) is 0. The Morgan fingerprint density at radius 3 is 1.40 bits per heavy atom. The molecule has 0 fully saturated rings. The Kier molecular flexibility index (Phi) is 10.2. The predicted octanol–water partition coefficient (Wildman–Crippen LogP) is 0.735. The quantitative estimate of drug-likeness (QED) is 0.306. The normalized spacial score (nSPS) is 5.20. The average Bonchev–Trinajstić information content (AvgIpc) is 0.811. The topological polar surface area (TPSA) is 17.1 Å². The van der Waals surface area contributed by atoms with Gasteiger partial charge in [-0.1, -0.05) is 0 Å². The van der Waals surface area contributed by atoms with E-state index in [1.807, 2.05) is 0 Å². The molecule has 0 aliphatic heterocycles. The molecule has 0 aromatic heterocycles. The van der Waals surface area contributed by atoms with Gasteiger partial charge >= 0.3 is 17.1 Å². The third-order valence-corrected chi connectivity index (χ3v) is 0. The van der Waals surface area contributed by atoms with Crippen molar-refractivity contribution >= 4 is 30.7 Å². The van der Waals surface area contributed by atoms with Crippen molar-refractivity contribution in [3.8, 4) is 0 Å². The first-order valence-electron chi connectivity index (χ1n) is 0.548. The Morgan fingerprint density at radius 2 is 1.40 bits per heavy atom. The van der Waals surface area contributed by atoms with Gasteiger partial charge in [0.15, 0.2) is 0 Å². The number of rotatable bonds is 0. The van der Waals surface area contributed by atoms with Gasteiger partial charge in [-0.2, -0.15) is 0 Å². The Hall–Kier alpha value is 1.32. The zero-order valence-corrected chi connectivity index (χ0v) is 5.44. The molecule has 0 aliphatic carbocycles. The van der Waals surface area contributed by atoms with Crippen LogP contribution in [0.5, 0.6) is 0 Å². The van der Waals surface area contributed by atoms with Crippen molar-refractivity contribution in [2.24, 2.45) is 0 Å². The third kappa shape index (κ3) is 33.7. The average molecular weight is 175 g/mol. The first kappa shape index (κ1) is 9.58. The third-order valence-electron chi connectivity index (χ3n) is 0. The van der Waals surface area contributed by atoms with Gasteiger partial charge in [0.2, 0.25) is 0 Å². The second-order valence-electron chi connectivity index (χ2n) is 0.224. The zero-order chi connectivity index (χ0) is 3.58. The molecule has 1 radical (unpaired) electrons. The van der Waals surface area contributed by atoms with Crippen LogP contribution in [0.2, 0.25) is 0 Å². The first-order chi connectivity index (χ1) is 1.73. The molecule has 5 heteroatoms. The molecular weight excluding hydrogens is 175 g/mol. The summed E-state index contributed by atoms with van der Waals surface area (Å²) in [6.07, 6.45) is -1.70. The summed E-state index contributed by atoms with van der Waals surface area (Å²) in [6.45, 7) is 0. The largest absolute Gasteiger partial charge is 2.00 e. The standard InChI is InChI=1S/Cu.HOPS2/c;1-2(3)4/h;(H,1,3,4)/q+2;/p-1. The molecule has 0 spiro atoms. The monoisotopic (exact) mass is 174 g/mol. The van der Waals surface area contributed by atoms with Gasteiger partial charge in [0.1, 0.15) is 0 Å². The molecule has 0 atom stereocenters. The molecule has 5 heavy (non-hydrogen) atoms. The summed E-state index contributed by atoms with van der Waals surface area (Å²) >= 11 is 7.89. The van der Waals surface area contributed by atoms with Crippen molar-refractivity contribution in [1.82, 2.24) is 0 Å². The van der Waals surface area contributed by atoms with E-state index in [0.29, 0.717) is 0 Å². The predicted molar refractivity (Wildman–Crippen MR) is 22.3 cm³/mol. The van der Waals surface area contributed by atoms with Gasteiger partial charge in [0, 0.05) is 0 Å². The fourth-order valence-corrected chi connectivity index (χ4v) is 0. The van der Waals surface area contributed by atoms with Gasteiger partial charge in [-0.05, 0) is 0 Å². The van der Waals surface area contributed by atoms with Gasteiger partial charge in [-0.15, -0.1) is 4.57 Å². The Labute approximate surface area is 52.5 Å². The van der Waals surface area contributed by atoms with E-state index in [2.05, 4.69) is 24.5 Å². The van der Waals surface area contributed by atoms with Gasteiger partial charge in [-0.25, -0.2) is 0 Å². The maximum Gasteiger partial charge on any atom is 2.00 e. The van der Waals surface area contributed by atoms with Crippen LogP contribution < -0.4 is 0 Å². The summed E-state index contributed by atoms with van der Waals surface area (Å²) in [5, 5.41) is 0. The van der Waals surface area contributed by atoms with Crippen molar-refractivity contribution in [3.05, 3.63) is 0 Å². The molecule has 0 heterocycles. The van der Waals surface area contributed by atoms with Crippen LogP contribution in [0.1, 0.15) is 0 Å². The Balaban J connectivity index is 0. The van der Waals surface area contributed by atoms with Crippen LogP contribution in [0.4, 0.5) is 0 Å². The summed E-state index contributed by atoms with van der Waals surface area (Å²) in [5.41, 5.74) is 0. The first-order valence-corrected chi connectivity index (χ1v) is 3.83. The summed E-state index contributed by atoms with van der Waals surface area (Å²) in [4.78, 5) is 0. The Bertz CT molecular complexity index is 32.6.